The Bertz CT molecular complexity index is 340. The van der Waals surface area contributed by atoms with Crippen LogP contribution >= 0.6 is 0 Å². The van der Waals surface area contributed by atoms with Crippen LogP contribution in [0.15, 0.2) is 0 Å². The Morgan fingerprint density at radius 3 is 2.83 bits per heavy atom. The fourth-order valence-corrected chi connectivity index (χ4v) is 1.62. The maximum atomic E-state index is 12.4. The number of alkyl halides is 3. The van der Waals surface area contributed by atoms with Crippen molar-refractivity contribution in [1.82, 2.24) is 4.90 Å². The van der Waals surface area contributed by atoms with E-state index in [9.17, 15) is 18.0 Å². The fourth-order valence-electron chi connectivity index (χ4n) is 1.62. The summed E-state index contributed by atoms with van der Waals surface area (Å²) in [6.07, 6.45) is -5.45. The van der Waals surface area contributed by atoms with E-state index in [2.05, 4.69) is 4.74 Å². The molecule has 0 amide bonds. The maximum absolute atomic E-state index is 12.4. The largest absolute Gasteiger partial charge is 0.467 e. The van der Waals surface area contributed by atoms with Gasteiger partial charge in [0.2, 0.25) is 0 Å². The topological polar surface area (TPSA) is 62.6 Å². The third-order valence-corrected chi connectivity index (χ3v) is 2.61. The van der Waals surface area contributed by atoms with Gasteiger partial charge < -0.3 is 9.47 Å². The van der Waals surface area contributed by atoms with Gasteiger partial charge in [0.25, 0.3) is 0 Å². The lowest BCUT2D eigenvalue weighted by Crippen LogP contribution is -2.49. The molecule has 0 aromatic rings. The van der Waals surface area contributed by atoms with Gasteiger partial charge in [-0.3, -0.25) is 4.90 Å². The van der Waals surface area contributed by atoms with Crippen LogP contribution in [0.25, 0.3) is 0 Å². The van der Waals surface area contributed by atoms with Crippen LogP contribution in [-0.2, 0) is 14.3 Å². The molecule has 0 saturated carbocycles. The van der Waals surface area contributed by atoms with Gasteiger partial charge in [-0.2, -0.15) is 18.4 Å². The van der Waals surface area contributed by atoms with Gasteiger partial charge in [-0.1, -0.05) is 0 Å². The van der Waals surface area contributed by atoms with Crippen LogP contribution < -0.4 is 0 Å². The van der Waals surface area contributed by atoms with Gasteiger partial charge in [0.15, 0.2) is 12.0 Å². The lowest BCUT2D eigenvalue weighted by atomic mass is 10.1. The van der Waals surface area contributed by atoms with E-state index in [0.717, 1.165) is 0 Å². The predicted octanol–water partition coefficient (Wildman–Crippen LogP) is 0.562. The lowest BCUT2D eigenvalue weighted by Gasteiger charge is -2.32. The quantitative estimate of drug-likeness (QED) is 0.698. The Balaban J connectivity index is 2.57. The number of hydrogen-bond donors (Lipinski definition) is 0. The van der Waals surface area contributed by atoms with Gasteiger partial charge in [-0.15, -0.1) is 0 Å². The zero-order valence-electron chi connectivity index (χ0n) is 9.74. The number of nitrogens with zero attached hydrogens (tertiary/aromatic N) is 2. The first kappa shape index (κ1) is 14.7. The van der Waals surface area contributed by atoms with Crippen molar-refractivity contribution in [2.45, 2.75) is 12.3 Å². The summed E-state index contributed by atoms with van der Waals surface area (Å²) < 4.78 is 46.8. The highest BCUT2D eigenvalue weighted by Gasteiger charge is 2.42. The fraction of sp³-hybridized carbons (Fsp3) is 0.800. The molecular formula is C10H13F3N2O3. The van der Waals surface area contributed by atoms with Crippen LogP contribution in [0.2, 0.25) is 0 Å². The third-order valence-electron chi connectivity index (χ3n) is 2.61. The molecule has 1 fully saturated rings. The number of ether oxygens (including phenoxy) is 2. The number of morpholine rings is 1. The second-order valence-corrected chi connectivity index (χ2v) is 3.87. The molecule has 0 spiro atoms. The van der Waals surface area contributed by atoms with E-state index in [1.807, 2.05) is 0 Å². The predicted molar refractivity (Wildman–Crippen MR) is 53.4 cm³/mol. The van der Waals surface area contributed by atoms with Crippen LogP contribution in [0.5, 0.6) is 0 Å². The summed E-state index contributed by atoms with van der Waals surface area (Å²) in [5, 5.41) is 8.49. The highest BCUT2D eigenvalue weighted by Crippen LogP contribution is 2.26. The first-order valence-electron chi connectivity index (χ1n) is 5.26. The first-order chi connectivity index (χ1) is 8.38. The Morgan fingerprint density at radius 1 is 1.67 bits per heavy atom. The minimum atomic E-state index is -4.56. The molecular weight excluding hydrogens is 253 g/mol. The molecule has 1 rings (SSSR count). The van der Waals surface area contributed by atoms with Crippen molar-refractivity contribution in [3.63, 3.8) is 0 Å². The summed E-state index contributed by atoms with van der Waals surface area (Å²) >= 11 is 0. The van der Waals surface area contributed by atoms with Gasteiger partial charge >= 0.3 is 12.1 Å². The van der Waals surface area contributed by atoms with E-state index in [4.69, 9.17) is 10.00 Å². The standard InChI is InChI=1S/C10H13F3N2O3/c1-17-9(16)8-6-15(2-3-18-8)5-7(4-14)10(11,12)13/h7-8H,2-3,5-6H2,1H3. The van der Waals surface area contributed by atoms with Gasteiger partial charge in [0.1, 0.15) is 0 Å². The second kappa shape index (κ2) is 6.02. The Kier molecular flexibility index (Phi) is 4.93. The number of carbonyl (C=O) groups excluding carboxylic acids is 1. The molecule has 2 atom stereocenters. The van der Waals surface area contributed by atoms with Gasteiger partial charge in [-0.25, -0.2) is 4.79 Å². The van der Waals surface area contributed by atoms with Crippen molar-refractivity contribution in [3.05, 3.63) is 0 Å². The summed E-state index contributed by atoms with van der Waals surface area (Å²) in [6.45, 7) is -0.0741. The molecule has 0 aromatic heterocycles. The zero-order valence-corrected chi connectivity index (χ0v) is 9.74. The molecule has 1 aliphatic rings. The summed E-state index contributed by atoms with van der Waals surface area (Å²) in [5.74, 6) is -2.69. The number of carbonyl (C=O) groups is 1. The van der Waals surface area contributed by atoms with Crippen LogP contribution in [-0.4, -0.2) is 56.5 Å². The van der Waals surface area contributed by atoms with Crippen LogP contribution in [0, 0.1) is 17.2 Å². The average Bonchev–Trinajstić information content (AvgIpc) is 2.33. The van der Waals surface area contributed by atoms with Gasteiger partial charge in [-0.05, 0) is 0 Å². The minimum absolute atomic E-state index is 0.000926. The molecule has 1 saturated heterocycles. The van der Waals surface area contributed by atoms with Crippen molar-refractivity contribution in [2.24, 2.45) is 5.92 Å². The van der Waals surface area contributed by atoms with Crippen molar-refractivity contribution in [2.75, 3.05) is 33.4 Å². The first-order valence-corrected chi connectivity index (χ1v) is 5.26. The summed E-state index contributed by atoms with van der Waals surface area (Å²) in [7, 11) is 1.18. The van der Waals surface area contributed by atoms with Crippen molar-refractivity contribution in [3.8, 4) is 6.07 Å². The number of hydrogen-bond acceptors (Lipinski definition) is 5. The number of nitriles is 1. The Labute approximate surface area is 102 Å². The maximum Gasteiger partial charge on any atom is 0.405 e. The average molecular weight is 266 g/mol. The summed E-state index contributed by atoms with van der Waals surface area (Å²) in [5.41, 5.74) is 0. The molecule has 2 unspecified atom stereocenters. The molecule has 0 aliphatic carbocycles. The van der Waals surface area contributed by atoms with E-state index in [1.165, 1.54) is 18.1 Å². The van der Waals surface area contributed by atoms with Crippen molar-refractivity contribution < 1.29 is 27.4 Å². The summed E-state index contributed by atoms with van der Waals surface area (Å²) in [4.78, 5) is 12.6. The monoisotopic (exact) mass is 266 g/mol. The highest BCUT2D eigenvalue weighted by atomic mass is 19.4. The third kappa shape index (κ3) is 3.85. The smallest absolute Gasteiger partial charge is 0.405 e. The molecule has 102 valence electrons. The molecule has 0 bridgehead atoms. The van der Waals surface area contributed by atoms with E-state index in [1.54, 1.807) is 0 Å². The van der Waals surface area contributed by atoms with E-state index in [-0.39, 0.29) is 19.7 Å². The van der Waals surface area contributed by atoms with Crippen LogP contribution in [0.1, 0.15) is 0 Å². The van der Waals surface area contributed by atoms with E-state index < -0.39 is 30.7 Å². The van der Waals surface area contributed by atoms with Gasteiger partial charge in [0, 0.05) is 19.6 Å². The molecule has 0 radical (unpaired) electrons. The Morgan fingerprint density at radius 2 is 2.33 bits per heavy atom. The minimum Gasteiger partial charge on any atom is -0.467 e. The summed E-state index contributed by atoms with van der Waals surface area (Å²) in [6, 6.07) is 1.22. The Hall–Kier alpha value is -1.33. The molecule has 18 heavy (non-hydrogen) atoms. The second-order valence-electron chi connectivity index (χ2n) is 3.87. The SMILES string of the molecule is COC(=O)C1CN(CC(C#N)C(F)(F)F)CCO1. The van der Waals surface area contributed by atoms with Crippen LogP contribution in [0.3, 0.4) is 0 Å². The van der Waals surface area contributed by atoms with E-state index in [0.29, 0.717) is 0 Å². The van der Waals surface area contributed by atoms with Crippen LogP contribution in [0.4, 0.5) is 13.2 Å². The number of rotatable bonds is 3. The number of halogens is 3. The molecule has 0 aromatic carbocycles. The zero-order chi connectivity index (χ0) is 13.8. The molecule has 5 nitrogen and oxygen atoms in total. The van der Waals surface area contributed by atoms with E-state index >= 15 is 0 Å². The van der Waals surface area contributed by atoms with Crippen molar-refractivity contribution >= 4 is 5.97 Å². The highest BCUT2D eigenvalue weighted by molar-refractivity contribution is 5.74. The molecule has 0 N–H and O–H groups in total. The molecule has 1 aliphatic heterocycles. The van der Waals surface area contributed by atoms with Crippen molar-refractivity contribution in [1.29, 1.82) is 5.26 Å². The molecule has 1 heterocycles. The van der Waals surface area contributed by atoms with Gasteiger partial charge in [0.05, 0.1) is 19.8 Å². The number of esters is 1. The number of methoxy groups -OCH3 is 1. The normalized spacial score (nSPS) is 23.2. The lowest BCUT2D eigenvalue weighted by molar-refractivity contribution is -0.171. The molecule has 8 heteroatoms.